The van der Waals surface area contributed by atoms with E-state index < -0.39 is 0 Å². The van der Waals surface area contributed by atoms with Crippen molar-refractivity contribution in [3.05, 3.63) is 59.5 Å². The maximum Gasteiger partial charge on any atom is 0.321 e. The number of urea groups is 1. The molecule has 0 bridgehead atoms. The summed E-state index contributed by atoms with van der Waals surface area (Å²) in [6.45, 7) is 10.6. The predicted octanol–water partition coefficient (Wildman–Crippen LogP) is 3.97. The lowest BCUT2D eigenvalue weighted by atomic mass is 10.2. The Morgan fingerprint density at radius 1 is 1.06 bits per heavy atom. The summed E-state index contributed by atoms with van der Waals surface area (Å²) in [5.74, 6) is 0.626. The minimum Gasteiger partial charge on any atom is -0.439 e. The van der Waals surface area contributed by atoms with Crippen LogP contribution in [0.5, 0.6) is 0 Å². The van der Waals surface area contributed by atoms with Gasteiger partial charge in [-0.15, -0.1) is 0 Å². The summed E-state index contributed by atoms with van der Waals surface area (Å²) in [7, 11) is 0. The highest BCUT2D eigenvalue weighted by Gasteiger charge is 2.23. The monoisotopic (exact) mass is 449 g/mol. The summed E-state index contributed by atoms with van der Waals surface area (Å²) in [5.41, 5.74) is 3.92. The highest BCUT2D eigenvalue weighted by Crippen LogP contribution is 2.20. The summed E-state index contributed by atoms with van der Waals surface area (Å²) in [4.78, 5) is 35.6. The number of carbonyl (C=O) groups excluding carboxylic acids is 2. The van der Waals surface area contributed by atoms with Gasteiger partial charge < -0.3 is 19.5 Å². The van der Waals surface area contributed by atoms with Crippen LogP contribution >= 0.6 is 0 Å². The van der Waals surface area contributed by atoms with Crippen molar-refractivity contribution in [2.24, 2.45) is 0 Å². The first kappa shape index (κ1) is 22.8. The SMILES string of the molecule is CCN(CC)C(=O)c1ccc2oc(CN3CCN(C(=O)Nc4cccc(C)c4)CC3)nc2c1. The van der Waals surface area contributed by atoms with Crippen LogP contribution in [0.3, 0.4) is 0 Å². The largest absolute Gasteiger partial charge is 0.439 e. The molecule has 1 N–H and O–H groups in total. The van der Waals surface area contributed by atoms with Gasteiger partial charge >= 0.3 is 6.03 Å². The number of hydrogen-bond donors (Lipinski definition) is 1. The number of benzene rings is 2. The second-order valence-corrected chi connectivity index (χ2v) is 8.33. The Balaban J connectivity index is 1.34. The molecule has 1 aromatic heterocycles. The van der Waals surface area contributed by atoms with Crippen LogP contribution < -0.4 is 5.32 Å². The van der Waals surface area contributed by atoms with Gasteiger partial charge in [-0.2, -0.15) is 0 Å². The Hall–Kier alpha value is -3.39. The molecule has 1 aliphatic heterocycles. The van der Waals surface area contributed by atoms with E-state index in [0.29, 0.717) is 55.3 Å². The van der Waals surface area contributed by atoms with Gasteiger partial charge in [-0.05, 0) is 56.7 Å². The first-order valence-electron chi connectivity index (χ1n) is 11.5. The lowest BCUT2D eigenvalue weighted by Gasteiger charge is -2.34. The molecular formula is C25H31N5O3. The van der Waals surface area contributed by atoms with E-state index in [4.69, 9.17) is 4.42 Å². The van der Waals surface area contributed by atoms with Gasteiger partial charge in [0.05, 0.1) is 6.54 Å². The highest BCUT2D eigenvalue weighted by molar-refractivity contribution is 5.97. The van der Waals surface area contributed by atoms with Crippen LogP contribution in [0.2, 0.25) is 0 Å². The van der Waals surface area contributed by atoms with Crippen LogP contribution in [0.4, 0.5) is 10.5 Å². The molecule has 1 aliphatic rings. The standard InChI is InChI=1S/C25H31N5O3/c1-4-29(5-2)24(31)19-9-10-22-21(16-19)27-23(33-22)17-28-11-13-30(14-12-28)25(32)26-20-8-6-7-18(3)15-20/h6-10,15-16H,4-5,11-14,17H2,1-3H3,(H,26,32). The molecule has 8 nitrogen and oxygen atoms in total. The fraction of sp³-hybridized carbons (Fsp3) is 0.400. The average Bonchev–Trinajstić information content (AvgIpc) is 3.21. The van der Waals surface area contributed by atoms with Gasteiger partial charge in [0.1, 0.15) is 5.52 Å². The van der Waals surface area contributed by atoms with Crippen molar-refractivity contribution in [3.63, 3.8) is 0 Å². The number of amides is 3. The van der Waals surface area contributed by atoms with Crippen LogP contribution in [-0.4, -0.2) is 70.9 Å². The molecule has 33 heavy (non-hydrogen) atoms. The van der Waals surface area contributed by atoms with Crippen LogP contribution in [0, 0.1) is 6.92 Å². The number of nitrogens with one attached hydrogen (secondary N) is 1. The normalized spacial score (nSPS) is 14.5. The molecule has 0 saturated carbocycles. The number of anilines is 1. The molecule has 174 valence electrons. The summed E-state index contributed by atoms with van der Waals surface area (Å²) in [5, 5.41) is 2.97. The average molecular weight is 450 g/mol. The fourth-order valence-corrected chi connectivity index (χ4v) is 4.09. The van der Waals surface area contributed by atoms with Crippen LogP contribution in [0.15, 0.2) is 46.9 Å². The third kappa shape index (κ3) is 5.34. The number of carbonyl (C=O) groups is 2. The van der Waals surface area contributed by atoms with Crippen molar-refractivity contribution >= 4 is 28.7 Å². The van der Waals surface area contributed by atoms with Crippen molar-refractivity contribution < 1.29 is 14.0 Å². The van der Waals surface area contributed by atoms with E-state index in [9.17, 15) is 9.59 Å². The van der Waals surface area contributed by atoms with Gasteiger partial charge in [-0.1, -0.05) is 12.1 Å². The number of oxazole rings is 1. The van der Waals surface area contributed by atoms with E-state index >= 15 is 0 Å². The van der Waals surface area contributed by atoms with Gasteiger partial charge in [0.25, 0.3) is 5.91 Å². The molecule has 2 heterocycles. The zero-order valence-electron chi connectivity index (χ0n) is 19.5. The molecule has 0 spiro atoms. The van der Waals surface area contributed by atoms with E-state index in [1.165, 1.54) is 0 Å². The topological polar surface area (TPSA) is 81.9 Å². The zero-order chi connectivity index (χ0) is 23.4. The maximum absolute atomic E-state index is 12.6. The summed E-state index contributed by atoms with van der Waals surface area (Å²) in [6, 6.07) is 13.1. The first-order valence-corrected chi connectivity index (χ1v) is 11.5. The molecule has 1 fully saturated rings. The number of aromatic nitrogens is 1. The summed E-state index contributed by atoms with van der Waals surface area (Å²) in [6.07, 6.45) is 0. The molecule has 0 aliphatic carbocycles. The number of rotatable bonds is 6. The molecule has 4 rings (SSSR count). The molecule has 8 heteroatoms. The molecule has 2 aromatic carbocycles. The molecule has 0 unspecified atom stereocenters. The molecule has 0 radical (unpaired) electrons. The van der Waals surface area contributed by atoms with E-state index in [0.717, 1.165) is 24.3 Å². The lowest BCUT2D eigenvalue weighted by molar-refractivity contribution is 0.0773. The molecular weight excluding hydrogens is 418 g/mol. The van der Waals surface area contributed by atoms with Crippen LogP contribution in [0.1, 0.15) is 35.7 Å². The van der Waals surface area contributed by atoms with E-state index in [1.807, 2.05) is 56.0 Å². The van der Waals surface area contributed by atoms with Crippen LogP contribution in [-0.2, 0) is 6.54 Å². The van der Waals surface area contributed by atoms with Gasteiger partial charge in [0, 0.05) is 50.5 Å². The maximum atomic E-state index is 12.6. The van der Waals surface area contributed by atoms with E-state index in [-0.39, 0.29) is 11.9 Å². The van der Waals surface area contributed by atoms with E-state index in [1.54, 1.807) is 17.0 Å². The minimum atomic E-state index is -0.0764. The summed E-state index contributed by atoms with van der Waals surface area (Å²) >= 11 is 0. The van der Waals surface area contributed by atoms with Crippen molar-refractivity contribution in [2.45, 2.75) is 27.3 Å². The van der Waals surface area contributed by atoms with Crippen LogP contribution in [0.25, 0.3) is 11.1 Å². The van der Waals surface area contributed by atoms with E-state index in [2.05, 4.69) is 15.2 Å². The lowest BCUT2D eigenvalue weighted by Crippen LogP contribution is -2.49. The first-order chi connectivity index (χ1) is 16.0. The number of fused-ring (bicyclic) bond motifs is 1. The molecule has 3 amide bonds. The molecule has 0 atom stereocenters. The third-order valence-corrected chi connectivity index (χ3v) is 6.02. The third-order valence-electron chi connectivity index (χ3n) is 6.02. The quantitative estimate of drug-likeness (QED) is 0.616. The summed E-state index contributed by atoms with van der Waals surface area (Å²) < 4.78 is 5.91. The van der Waals surface area contributed by atoms with Crippen molar-refractivity contribution in [2.75, 3.05) is 44.6 Å². The smallest absolute Gasteiger partial charge is 0.321 e. The fourth-order valence-electron chi connectivity index (χ4n) is 4.09. The Morgan fingerprint density at radius 2 is 1.82 bits per heavy atom. The van der Waals surface area contributed by atoms with Crippen molar-refractivity contribution in [1.82, 2.24) is 19.7 Å². The zero-order valence-corrected chi connectivity index (χ0v) is 19.5. The Labute approximate surface area is 194 Å². The van der Waals surface area contributed by atoms with Crippen molar-refractivity contribution in [3.8, 4) is 0 Å². The predicted molar refractivity (Wildman–Crippen MR) is 128 cm³/mol. The number of aryl methyl sites for hydroxylation is 1. The Morgan fingerprint density at radius 3 is 2.52 bits per heavy atom. The second kappa shape index (κ2) is 10.0. The number of hydrogen-bond acceptors (Lipinski definition) is 5. The number of nitrogens with zero attached hydrogens (tertiary/aromatic N) is 4. The van der Waals surface area contributed by atoms with Crippen molar-refractivity contribution in [1.29, 1.82) is 0 Å². The Bertz CT molecular complexity index is 1130. The molecule has 1 saturated heterocycles. The second-order valence-electron chi connectivity index (χ2n) is 8.33. The number of piperazine rings is 1. The van der Waals surface area contributed by atoms with Gasteiger partial charge in [0.15, 0.2) is 5.58 Å². The van der Waals surface area contributed by atoms with Gasteiger partial charge in [0.2, 0.25) is 5.89 Å². The van der Waals surface area contributed by atoms with Gasteiger partial charge in [-0.25, -0.2) is 9.78 Å². The van der Waals surface area contributed by atoms with Gasteiger partial charge in [-0.3, -0.25) is 9.69 Å². The highest BCUT2D eigenvalue weighted by atomic mass is 16.3. The Kier molecular flexibility index (Phi) is 6.93. The minimum absolute atomic E-state index is 0.00603. The molecule has 3 aromatic rings.